The van der Waals surface area contributed by atoms with Crippen molar-refractivity contribution in [2.45, 2.75) is 38.5 Å². The third-order valence-corrected chi connectivity index (χ3v) is 7.38. The summed E-state index contributed by atoms with van der Waals surface area (Å²) in [6.07, 6.45) is 1.37. The van der Waals surface area contributed by atoms with E-state index in [1.165, 1.54) is 22.2 Å². The molecule has 5 rings (SSSR count). The van der Waals surface area contributed by atoms with Crippen molar-refractivity contribution in [3.63, 3.8) is 0 Å². The minimum atomic E-state index is -2.05. The molecule has 1 N–H and O–H groups in total. The molecule has 3 heterocycles. The van der Waals surface area contributed by atoms with Crippen LogP contribution in [0.15, 0.2) is 53.9 Å². The lowest BCUT2D eigenvalue weighted by atomic mass is 9.85. The number of halogens is 3. The van der Waals surface area contributed by atoms with E-state index in [1.807, 2.05) is 0 Å². The lowest BCUT2D eigenvalue weighted by Gasteiger charge is -2.42. The van der Waals surface area contributed by atoms with Gasteiger partial charge in [-0.1, -0.05) is 5.10 Å². The van der Waals surface area contributed by atoms with Crippen molar-refractivity contribution < 1.29 is 50.0 Å². The van der Waals surface area contributed by atoms with Gasteiger partial charge in [0.05, 0.1) is 24.9 Å². The van der Waals surface area contributed by atoms with Gasteiger partial charge >= 0.3 is 12.2 Å². The van der Waals surface area contributed by atoms with E-state index in [1.54, 1.807) is 57.0 Å². The number of nitrogens with zero attached hydrogens (tertiary/aromatic N) is 9. The van der Waals surface area contributed by atoms with Crippen molar-refractivity contribution in [2.75, 3.05) is 38.3 Å². The number of anilines is 1. The van der Waals surface area contributed by atoms with E-state index in [2.05, 4.69) is 20.6 Å². The predicted molar refractivity (Wildman–Crippen MR) is 147 cm³/mol. The number of aromatic nitrogens is 4. The van der Waals surface area contributed by atoms with E-state index in [0.717, 1.165) is 17.2 Å². The highest BCUT2D eigenvalue weighted by Crippen LogP contribution is 2.36. The minimum Gasteiger partial charge on any atom is -1.00 e. The maximum absolute atomic E-state index is 15.3. The van der Waals surface area contributed by atoms with Crippen LogP contribution in [0, 0.1) is 11.6 Å². The van der Waals surface area contributed by atoms with Gasteiger partial charge in [-0.25, -0.2) is 23.1 Å². The molecule has 1 unspecified atom stereocenters. The molecule has 44 heavy (non-hydrogen) atoms. The molecule has 1 aromatic heterocycles. The van der Waals surface area contributed by atoms with Crippen molar-refractivity contribution in [3.05, 3.63) is 66.0 Å². The van der Waals surface area contributed by atoms with Crippen LogP contribution in [0.2, 0.25) is 0 Å². The number of tetrazole rings is 1. The molecule has 0 radical (unpaired) electrons. The number of benzene rings is 2. The van der Waals surface area contributed by atoms with E-state index in [-0.39, 0.29) is 42.3 Å². The Morgan fingerprint density at radius 1 is 1.11 bits per heavy atom. The normalized spacial score (nSPS) is 20.1. The number of quaternary nitrogens is 1. The zero-order valence-corrected chi connectivity index (χ0v) is 25.2. The number of hydrogen-bond donors (Lipinski definition) is 1. The number of urea groups is 1. The Morgan fingerprint density at radius 2 is 1.82 bits per heavy atom. The first-order valence-corrected chi connectivity index (χ1v) is 13.5. The summed E-state index contributed by atoms with van der Waals surface area (Å²) in [5.41, 5.74) is -0.942. The molecule has 1 fully saturated rings. The topological polar surface area (TPSA) is 139 Å². The van der Waals surface area contributed by atoms with E-state index >= 15 is 4.39 Å². The molecule has 236 valence electrons. The van der Waals surface area contributed by atoms with Gasteiger partial charge in [0, 0.05) is 30.4 Å². The van der Waals surface area contributed by atoms with E-state index in [0.29, 0.717) is 24.0 Å². The van der Waals surface area contributed by atoms with Gasteiger partial charge in [0.1, 0.15) is 24.5 Å². The summed E-state index contributed by atoms with van der Waals surface area (Å²) in [5.74, 6) is -1.79. The van der Waals surface area contributed by atoms with Crippen molar-refractivity contribution >= 4 is 24.2 Å². The van der Waals surface area contributed by atoms with Crippen LogP contribution in [-0.4, -0.2) is 104 Å². The summed E-state index contributed by atoms with van der Waals surface area (Å²) < 4.78 is 35.4. The van der Waals surface area contributed by atoms with Crippen LogP contribution in [0.25, 0.3) is 5.69 Å². The number of aliphatic hydroxyl groups is 1. The molecule has 3 aromatic rings. The summed E-state index contributed by atoms with van der Waals surface area (Å²) in [4.78, 5) is 33.8. The number of rotatable bonds is 9. The zero-order valence-electron chi connectivity index (χ0n) is 24.4. The molecule has 2 aliphatic heterocycles. The average molecular weight is 636 g/mol. The van der Waals surface area contributed by atoms with Crippen LogP contribution in [0.4, 0.5) is 24.1 Å². The van der Waals surface area contributed by atoms with Gasteiger partial charge in [0.15, 0.2) is 11.9 Å². The maximum atomic E-state index is 15.3. The molecule has 17 heteroatoms. The summed E-state index contributed by atoms with van der Waals surface area (Å²) in [7, 11) is 1.64. The first kappa shape index (κ1) is 32.5. The zero-order chi connectivity index (χ0) is 30.9. The lowest BCUT2D eigenvalue weighted by Crippen LogP contribution is -3.00. The van der Waals surface area contributed by atoms with Gasteiger partial charge in [0.25, 0.3) is 0 Å². The fourth-order valence-corrected chi connectivity index (χ4v) is 5.29. The van der Waals surface area contributed by atoms with E-state index in [9.17, 15) is 19.1 Å². The summed E-state index contributed by atoms with van der Waals surface area (Å²) >= 11 is 0. The SMILES string of the molecule is CC(C)OC(=O)ON1C=N[N+](C)(C[C@](O)(c2ccc(F)cc2F)[C@@H](C)N2CCN(c3ccc(-n4cnnn4)cc3)C2=O)C1.[Cl-]. The number of ether oxygens (including phenoxy) is 1. The standard InChI is InChI=1S/C27H32F2N9O5.ClH/c1-18(2)42-26(40)43-34-16-31-38(4,17-34)14-27(41,23-10-5-20(28)13-24(23)29)19(3)35-11-12-36(25(35)39)21-6-8-22(9-7-21)37-15-30-32-33-37;/h5-10,13,15-16,18-19,41H,11-12,14,17H2,1-4H3;1H/q+1;/p-1/t19-,27-,38?;/m1./s1. The van der Waals surface area contributed by atoms with Crippen molar-refractivity contribution in [3.8, 4) is 5.69 Å². The Labute approximate surface area is 258 Å². The molecule has 1 saturated heterocycles. The molecule has 2 amide bonds. The Morgan fingerprint density at radius 3 is 2.45 bits per heavy atom. The molecular formula is C27H32ClF2N9O5. The highest BCUT2D eigenvalue weighted by atomic mass is 35.5. The first-order chi connectivity index (χ1) is 20.4. The van der Waals surface area contributed by atoms with E-state index < -0.39 is 41.6 Å². The molecule has 2 aromatic carbocycles. The fourth-order valence-electron chi connectivity index (χ4n) is 5.29. The van der Waals surface area contributed by atoms with Crippen molar-refractivity contribution in [1.29, 1.82) is 0 Å². The van der Waals surface area contributed by atoms with Crippen LogP contribution in [0.3, 0.4) is 0 Å². The Balaban J connectivity index is 0.00000442. The summed E-state index contributed by atoms with van der Waals surface area (Å²) in [6.45, 7) is 5.18. The van der Waals surface area contributed by atoms with Gasteiger partial charge < -0.3 is 27.2 Å². The number of hydrogen-bond acceptors (Lipinski definition) is 10. The molecule has 2 aliphatic rings. The second kappa shape index (κ2) is 12.7. The van der Waals surface area contributed by atoms with Crippen LogP contribution in [0.5, 0.6) is 0 Å². The molecular weight excluding hydrogens is 604 g/mol. The number of amides is 2. The fraction of sp³-hybridized carbons (Fsp3) is 0.407. The second-order valence-electron chi connectivity index (χ2n) is 10.9. The van der Waals surface area contributed by atoms with Crippen LogP contribution < -0.4 is 17.3 Å². The first-order valence-electron chi connectivity index (χ1n) is 13.5. The van der Waals surface area contributed by atoms with Crippen molar-refractivity contribution in [1.82, 2.24) is 30.2 Å². The minimum absolute atomic E-state index is 0. The van der Waals surface area contributed by atoms with Crippen molar-refractivity contribution in [2.24, 2.45) is 5.10 Å². The Bertz CT molecular complexity index is 1510. The third-order valence-electron chi connectivity index (χ3n) is 7.38. The van der Waals surface area contributed by atoms with Gasteiger partial charge in [0.2, 0.25) is 6.67 Å². The van der Waals surface area contributed by atoms with Crippen LogP contribution in [-0.2, 0) is 15.2 Å². The maximum Gasteiger partial charge on any atom is 0.533 e. The number of carbonyl (C=O) groups excluding carboxylic acids is 2. The summed E-state index contributed by atoms with van der Waals surface area (Å²) in [5, 5.41) is 28.9. The predicted octanol–water partition coefficient (Wildman–Crippen LogP) is -0.398. The number of hydroxylamine groups is 2. The molecule has 0 spiro atoms. The lowest BCUT2D eigenvalue weighted by molar-refractivity contribution is -0.926. The molecule has 14 nitrogen and oxygen atoms in total. The quantitative estimate of drug-likeness (QED) is 0.246. The van der Waals surface area contributed by atoms with Gasteiger partial charge in [-0.15, -0.1) is 10.2 Å². The highest BCUT2D eigenvalue weighted by Gasteiger charge is 2.52. The van der Waals surface area contributed by atoms with Gasteiger partial charge in [-0.05, 0) is 67.6 Å². The Hall–Kier alpha value is -4.41. The average Bonchev–Trinajstić information content (AvgIpc) is 3.68. The van der Waals surface area contributed by atoms with Gasteiger partial charge in [-0.2, -0.15) is 4.59 Å². The number of likely N-dealkylation sites (N-methyl/N-ethyl adjacent to an activating group) is 1. The second-order valence-corrected chi connectivity index (χ2v) is 10.9. The summed E-state index contributed by atoms with van der Waals surface area (Å²) in [6, 6.07) is 8.52. The highest BCUT2D eigenvalue weighted by molar-refractivity contribution is 5.94. The Kier molecular flexibility index (Phi) is 9.36. The van der Waals surface area contributed by atoms with Crippen LogP contribution >= 0.6 is 0 Å². The smallest absolute Gasteiger partial charge is 0.533 e. The number of carbonyl (C=O) groups is 2. The third kappa shape index (κ3) is 6.56. The van der Waals surface area contributed by atoms with E-state index in [4.69, 9.17) is 9.57 Å². The monoisotopic (exact) mass is 635 g/mol. The molecule has 0 aliphatic carbocycles. The largest absolute Gasteiger partial charge is 1.00 e. The van der Waals surface area contributed by atoms with Crippen LogP contribution in [0.1, 0.15) is 26.3 Å². The molecule has 0 saturated carbocycles. The van der Waals surface area contributed by atoms with Gasteiger partial charge in [-0.3, -0.25) is 9.74 Å². The molecule has 3 atom stereocenters. The molecule has 0 bridgehead atoms.